The van der Waals surface area contributed by atoms with E-state index in [4.69, 9.17) is 14.2 Å². The standard InChI is InChI=1S/C13H18O4/c1-15-11-7-13(14)17-12(11)9-16-8-10-5-3-2-4-6-10/h2-6,11-14H,7-9H2,1H3/t11-,12-,13+/m1/s1. The first-order chi connectivity index (χ1) is 8.29. The van der Waals surface area contributed by atoms with Gasteiger partial charge in [0.25, 0.3) is 0 Å². The third kappa shape index (κ3) is 3.51. The van der Waals surface area contributed by atoms with Gasteiger partial charge in [0.15, 0.2) is 6.29 Å². The fourth-order valence-electron chi connectivity index (χ4n) is 1.96. The van der Waals surface area contributed by atoms with E-state index >= 15 is 0 Å². The predicted octanol–water partition coefficient (Wildman–Crippen LogP) is 1.33. The minimum Gasteiger partial charge on any atom is -0.378 e. The van der Waals surface area contributed by atoms with Crippen molar-refractivity contribution in [3.8, 4) is 0 Å². The SMILES string of the molecule is CO[C@@H]1C[C@@H](O)O[C@@H]1COCc1ccccc1. The Morgan fingerprint density at radius 2 is 2.12 bits per heavy atom. The van der Waals surface area contributed by atoms with Gasteiger partial charge in [0.1, 0.15) is 6.10 Å². The molecule has 1 aromatic rings. The van der Waals surface area contributed by atoms with E-state index < -0.39 is 6.29 Å². The third-order valence-electron chi connectivity index (χ3n) is 2.88. The summed E-state index contributed by atoms with van der Waals surface area (Å²) >= 11 is 0. The van der Waals surface area contributed by atoms with Crippen LogP contribution in [0.2, 0.25) is 0 Å². The average molecular weight is 238 g/mol. The molecule has 94 valence electrons. The summed E-state index contributed by atoms with van der Waals surface area (Å²) in [5.41, 5.74) is 1.13. The van der Waals surface area contributed by atoms with E-state index in [1.54, 1.807) is 7.11 Å². The molecule has 0 aliphatic carbocycles. The number of hydrogen-bond acceptors (Lipinski definition) is 4. The fraction of sp³-hybridized carbons (Fsp3) is 0.538. The maximum Gasteiger partial charge on any atom is 0.157 e. The summed E-state index contributed by atoms with van der Waals surface area (Å²) in [4.78, 5) is 0. The van der Waals surface area contributed by atoms with Crippen LogP contribution in [0.4, 0.5) is 0 Å². The number of hydrogen-bond donors (Lipinski definition) is 1. The summed E-state index contributed by atoms with van der Waals surface area (Å²) in [7, 11) is 1.62. The summed E-state index contributed by atoms with van der Waals surface area (Å²) in [6, 6.07) is 9.95. The topological polar surface area (TPSA) is 47.9 Å². The molecule has 0 radical (unpaired) electrons. The highest BCUT2D eigenvalue weighted by Crippen LogP contribution is 2.21. The number of rotatable bonds is 5. The Balaban J connectivity index is 1.75. The summed E-state index contributed by atoms with van der Waals surface area (Å²) in [5.74, 6) is 0. The third-order valence-corrected chi connectivity index (χ3v) is 2.88. The van der Waals surface area contributed by atoms with Crippen LogP contribution >= 0.6 is 0 Å². The van der Waals surface area contributed by atoms with Crippen LogP contribution < -0.4 is 0 Å². The van der Waals surface area contributed by atoms with Crippen LogP contribution in [0, 0.1) is 0 Å². The van der Waals surface area contributed by atoms with Crippen LogP contribution in [0.15, 0.2) is 30.3 Å². The Morgan fingerprint density at radius 3 is 2.82 bits per heavy atom. The Labute approximate surface area is 101 Å². The Hall–Kier alpha value is -0.940. The second-order valence-electron chi connectivity index (χ2n) is 4.14. The summed E-state index contributed by atoms with van der Waals surface area (Å²) < 4.78 is 16.1. The van der Waals surface area contributed by atoms with Crippen molar-refractivity contribution >= 4 is 0 Å². The molecular formula is C13H18O4. The molecule has 0 bridgehead atoms. The number of methoxy groups -OCH3 is 1. The van der Waals surface area contributed by atoms with Crippen molar-refractivity contribution < 1.29 is 19.3 Å². The van der Waals surface area contributed by atoms with Gasteiger partial charge in [-0.15, -0.1) is 0 Å². The zero-order valence-corrected chi connectivity index (χ0v) is 9.91. The van der Waals surface area contributed by atoms with Crippen LogP contribution in [0.3, 0.4) is 0 Å². The molecule has 1 aromatic carbocycles. The number of benzene rings is 1. The first-order valence-corrected chi connectivity index (χ1v) is 5.77. The van der Waals surface area contributed by atoms with Crippen molar-refractivity contribution in [2.45, 2.75) is 31.5 Å². The van der Waals surface area contributed by atoms with Gasteiger partial charge in [0, 0.05) is 13.5 Å². The van der Waals surface area contributed by atoms with E-state index in [2.05, 4.69) is 0 Å². The van der Waals surface area contributed by atoms with Crippen molar-refractivity contribution in [1.29, 1.82) is 0 Å². The normalized spacial score (nSPS) is 28.5. The second-order valence-corrected chi connectivity index (χ2v) is 4.14. The molecule has 1 heterocycles. The van der Waals surface area contributed by atoms with Crippen LogP contribution in [-0.4, -0.2) is 37.3 Å². The van der Waals surface area contributed by atoms with E-state index in [0.717, 1.165) is 5.56 Å². The van der Waals surface area contributed by atoms with Gasteiger partial charge in [-0.2, -0.15) is 0 Å². The van der Waals surface area contributed by atoms with E-state index in [9.17, 15) is 5.11 Å². The molecule has 0 unspecified atom stereocenters. The average Bonchev–Trinajstić information content (AvgIpc) is 2.71. The Morgan fingerprint density at radius 1 is 1.35 bits per heavy atom. The molecule has 0 amide bonds. The minimum absolute atomic E-state index is 0.0826. The number of aliphatic hydroxyl groups is 1. The van der Waals surface area contributed by atoms with Crippen LogP contribution in [0.5, 0.6) is 0 Å². The van der Waals surface area contributed by atoms with E-state index in [1.165, 1.54) is 0 Å². The lowest BCUT2D eigenvalue weighted by molar-refractivity contribution is -0.119. The summed E-state index contributed by atoms with van der Waals surface area (Å²) in [6.07, 6.45) is -0.486. The molecule has 4 nitrogen and oxygen atoms in total. The molecule has 3 atom stereocenters. The fourth-order valence-corrected chi connectivity index (χ4v) is 1.96. The molecular weight excluding hydrogens is 220 g/mol. The predicted molar refractivity (Wildman–Crippen MR) is 62.4 cm³/mol. The maximum atomic E-state index is 9.36. The van der Waals surface area contributed by atoms with Gasteiger partial charge in [-0.3, -0.25) is 0 Å². The van der Waals surface area contributed by atoms with Gasteiger partial charge in [0.2, 0.25) is 0 Å². The van der Waals surface area contributed by atoms with Gasteiger partial charge in [-0.25, -0.2) is 0 Å². The van der Waals surface area contributed by atoms with Crippen molar-refractivity contribution in [3.63, 3.8) is 0 Å². The minimum atomic E-state index is -0.731. The Bertz CT molecular complexity index is 327. The van der Waals surface area contributed by atoms with Crippen LogP contribution in [-0.2, 0) is 20.8 Å². The largest absolute Gasteiger partial charge is 0.378 e. The lowest BCUT2D eigenvalue weighted by Crippen LogP contribution is -2.28. The van der Waals surface area contributed by atoms with Crippen molar-refractivity contribution in [2.24, 2.45) is 0 Å². The number of aliphatic hydroxyl groups excluding tert-OH is 1. The zero-order chi connectivity index (χ0) is 12.1. The van der Waals surface area contributed by atoms with Crippen LogP contribution in [0.1, 0.15) is 12.0 Å². The molecule has 1 aliphatic rings. The van der Waals surface area contributed by atoms with Gasteiger partial charge in [-0.05, 0) is 5.56 Å². The van der Waals surface area contributed by atoms with Gasteiger partial charge >= 0.3 is 0 Å². The number of ether oxygens (including phenoxy) is 3. The summed E-state index contributed by atoms with van der Waals surface area (Å²) in [5, 5.41) is 9.36. The van der Waals surface area contributed by atoms with E-state index in [1.807, 2.05) is 30.3 Å². The van der Waals surface area contributed by atoms with Crippen molar-refractivity contribution in [1.82, 2.24) is 0 Å². The summed E-state index contributed by atoms with van der Waals surface area (Å²) in [6.45, 7) is 0.984. The van der Waals surface area contributed by atoms with E-state index in [0.29, 0.717) is 19.6 Å². The monoisotopic (exact) mass is 238 g/mol. The lowest BCUT2D eigenvalue weighted by atomic mass is 10.2. The highest BCUT2D eigenvalue weighted by Gasteiger charge is 2.34. The quantitative estimate of drug-likeness (QED) is 0.840. The smallest absolute Gasteiger partial charge is 0.157 e. The van der Waals surface area contributed by atoms with Gasteiger partial charge in [0.05, 0.1) is 19.3 Å². The van der Waals surface area contributed by atoms with E-state index in [-0.39, 0.29) is 12.2 Å². The van der Waals surface area contributed by atoms with Crippen molar-refractivity contribution in [3.05, 3.63) is 35.9 Å². The molecule has 4 heteroatoms. The molecule has 1 fully saturated rings. The van der Waals surface area contributed by atoms with Crippen molar-refractivity contribution in [2.75, 3.05) is 13.7 Å². The molecule has 1 aliphatic heterocycles. The lowest BCUT2D eigenvalue weighted by Gasteiger charge is -2.16. The molecule has 0 aromatic heterocycles. The molecule has 17 heavy (non-hydrogen) atoms. The Kier molecular flexibility index (Phi) is 4.50. The molecule has 0 spiro atoms. The molecule has 1 N–H and O–H groups in total. The molecule has 1 saturated heterocycles. The highest BCUT2D eigenvalue weighted by molar-refractivity contribution is 5.13. The first-order valence-electron chi connectivity index (χ1n) is 5.77. The van der Waals surface area contributed by atoms with Crippen LogP contribution in [0.25, 0.3) is 0 Å². The molecule has 0 saturated carbocycles. The maximum absolute atomic E-state index is 9.36. The zero-order valence-electron chi connectivity index (χ0n) is 9.91. The highest BCUT2D eigenvalue weighted by atomic mass is 16.6. The van der Waals surface area contributed by atoms with Gasteiger partial charge in [-0.1, -0.05) is 30.3 Å². The molecule has 2 rings (SSSR count). The second kappa shape index (κ2) is 6.12. The van der Waals surface area contributed by atoms with Gasteiger partial charge < -0.3 is 19.3 Å². The first kappa shape index (κ1) is 12.5.